The third kappa shape index (κ3) is 3.03. The molecule has 4 heterocycles. The number of amides is 1. The molecule has 1 amide bonds. The first-order valence-electron chi connectivity index (χ1n) is 8.42. The zero-order valence-electron chi connectivity index (χ0n) is 13.5. The van der Waals surface area contributed by atoms with E-state index in [4.69, 9.17) is 4.74 Å². The van der Waals surface area contributed by atoms with Gasteiger partial charge in [0, 0.05) is 31.2 Å². The first-order chi connectivity index (χ1) is 11.8. The van der Waals surface area contributed by atoms with Crippen LogP contribution in [0.25, 0.3) is 0 Å². The maximum Gasteiger partial charge on any atom is 0.254 e. The average molecular weight is 343 g/mol. The number of aromatic nitrogens is 1. The van der Waals surface area contributed by atoms with Crippen LogP contribution in [0.1, 0.15) is 23.2 Å². The Bertz CT molecular complexity index is 677. The van der Waals surface area contributed by atoms with Crippen molar-refractivity contribution in [1.29, 1.82) is 0 Å². The second kappa shape index (κ2) is 6.91. The largest absolute Gasteiger partial charge is 0.374 e. The standard InChI is InChI=1S/C18H21N3O2S/c22-18(14-5-11-24-13-14)20-7-3-16-17(4-8-20)23-10-9-21(16)15-2-1-6-19-12-15/h1-2,5-6,11-13,16-17H,3-4,7-10H2/t16-,17-/m0/s1. The highest BCUT2D eigenvalue weighted by molar-refractivity contribution is 7.08. The number of nitrogens with zero attached hydrogens (tertiary/aromatic N) is 3. The monoisotopic (exact) mass is 343 g/mol. The minimum Gasteiger partial charge on any atom is -0.374 e. The Balaban J connectivity index is 1.51. The van der Waals surface area contributed by atoms with E-state index in [0.29, 0.717) is 6.04 Å². The van der Waals surface area contributed by atoms with Gasteiger partial charge in [-0.05, 0) is 36.4 Å². The predicted molar refractivity (Wildman–Crippen MR) is 94.6 cm³/mol. The van der Waals surface area contributed by atoms with Gasteiger partial charge in [-0.2, -0.15) is 11.3 Å². The topological polar surface area (TPSA) is 45.7 Å². The summed E-state index contributed by atoms with van der Waals surface area (Å²) >= 11 is 1.57. The second-order valence-corrected chi connectivity index (χ2v) is 7.04. The van der Waals surface area contributed by atoms with E-state index >= 15 is 0 Å². The number of fused-ring (bicyclic) bond motifs is 1. The number of ether oxygens (including phenoxy) is 1. The van der Waals surface area contributed by atoms with Gasteiger partial charge in [0.2, 0.25) is 0 Å². The Morgan fingerprint density at radius 3 is 2.96 bits per heavy atom. The fourth-order valence-corrected chi connectivity index (χ4v) is 4.33. The van der Waals surface area contributed by atoms with Crippen LogP contribution < -0.4 is 4.90 Å². The Morgan fingerprint density at radius 1 is 1.25 bits per heavy atom. The van der Waals surface area contributed by atoms with Gasteiger partial charge in [-0.25, -0.2) is 0 Å². The number of thiophene rings is 1. The quantitative estimate of drug-likeness (QED) is 0.841. The molecule has 0 unspecified atom stereocenters. The predicted octanol–water partition coefficient (Wildman–Crippen LogP) is 2.65. The average Bonchev–Trinajstić information content (AvgIpc) is 3.08. The maximum absolute atomic E-state index is 12.6. The molecule has 6 heteroatoms. The number of carbonyl (C=O) groups excluding carboxylic acids is 1. The fourth-order valence-electron chi connectivity index (χ4n) is 3.70. The molecule has 0 radical (unpaired) electrons. The third-order valence-electron chi connectivity index (χ3n) is 4.90. The summed E-state index contributed by atoms with van der Waals surface area (Å²) in [5.41, 5.74) is 1.95. The van der Waals surface area contributed by atoms with Gasteiger partial charge < -0.3 is 14.5 Å². The van der Waals surface area contributed by atoms with Crippen molar-refractivity contribution in [2.75, 3.05) is 31.1 Å². The van der Waals surface area contributed by atoms with Gasteiger partial charge in [-0.15, -0.1) is 0 Å². The fraction of sp³-hybridized carbons (Fsp3) is 0.444. The van der Waals surface area contributed by atoms with Gasteiger partial charge >= 0.3 is 0 Å². The molecule has 0 aromatic carbocycles. The van der Waals surface area contributed by atoms with E-state index in [9.17, 15) is 4.79 Å². The smallest absolute Gasteiger partial charge is 0.254 e. The first-order valence-corrected chi connectivity index (χ1v) is 9.37. The second-order valence-electron chi connectivity index (χ2n) is 6.26. The summed E-state index contributed by atoms with van der Waals surface area (Å²) < 4.78 is 6.03. The summed E-state index contributed by atoms with van der Waals surface area (Å²) in [6.07, 6.45) is 5.71. The SMILES string of the molecule is O=C(c1ccsc1)N1CC[C@@H]2OCCN(c3cccnc3)[C@H]2CC1. The number of carbonyl (C=O) groups is 1. The van der Waals surface area contributed by atoms with Crippen molar-refractivity contribution in [2.24, 2.45) is 0 Å². The van der Waals surface area contributed by atoms with Crippen LogP contribution in [0.2, 0.25) is 0 Å². The van der Waals surface area contributed by atoms with Crippen molar-refractivity contribution in [3.05, 3.63) is 46.9 Å². The minimum absolute atomic E-state index is 0.142. The lowest BCUT2D eigenvalue weighted by molar-refractivity contribution is 0.00907. The van der Waals surface area contributed by atoms with Gasteiger partial charge in [-0.1, -0.05) is 0 Å². The van der Waals surface area contributed by atoms with Gasteiger partial charge in [-0.3, -0.25) is 9.78 Å². The van der Waals surface area contributed by atoms with Crippen LogP contribution >= 0.6 is 11.3 Å². The molecular formula is C18H21N3O2S. The van der Waals surface area contributed by atoms with E-state index in [0.717, 1.165) is 50.3 Å². The van der Waals surface area contributed by atoms with Crippen LogP contribution in [-0.4, -0.2) is 54.2 Å². The van der Waals surface area contributed by atoms with Gasteiger partial charge in [0.05, 0.1) is 36.2 Å². The lowest BCUT2D eigenvalue weighted by Crippen LogP contribution is -2.51. The van der Waals surface area contributed by atoms with E-state index in [1.165, 1.54) is 0 Å². The van der Waals surface area contributed by atoms with Crippen LogP contribution in [0, 0.1) is 0 Å². The van der Waals surface area contributed by atoms with E-state index in [-0.39, 0.29) is 12.0 Å². The molecule has 2 aromatic rings. The highest BCUT2D eigenvalue weighted by Gasteiger charge is 2.36. The zero-order chi connectivity index (χ0) is 16.4. The summed E-state index contributed by atoms with van der Waals surface area (Å²) in [7, 11) is 0. The number of morpholine rings is 1. The number of pyridine rings is 1. The first kappa shape index (κ1) is 15.6. The highest BCUT2D eigenvalue weighted by Crippen LogP contribution is 2.28. The molecule has 0 N–H and O–H groups in total. The van der Waals surface area contributed by atoms with Crippen LogP contribution in [0.5, 0.6) is 0 Å². The number of hydrogen-bond donors (Lipinski definition) is 0. The molecular weight excluding hydrogens is 322 g/mol. The molecule has 5 nitrogen and oxygen atoms in total. The molecule has 0 saturated carbocycles. The summed E-state index contributed by atoms with van der Waals surface area (Å²) in [4.78, 5) is 21.3. The van der Waals surface area contributed by atoms with E-state index in [2.05, 4.69) is 16.0 Å². The summed E-state index contributed by atoms with van der Waals surface area (Å²) in [5, 5.41) is 3.89. The molecule has 2 atom stereocenters. The van der Waals surface area contributed by atoms with Gasteiger partial charge in [0.25, 0.3) is 5.91 Å². The van der Waals surface area contributed by atoms with Crippen molar-refractivity contribution in [3.8, 4) is 0 Å². The molecule has 0 aliphatic carbocycles. The van der Waals surface area contributed by atoms with E-state index in [1.54, 1.807) is 17.5 Å². The Hall–Kier alpha value is -1.92. The molecule has 4 rings (SSSR count). The number of rotatable bonds is 2. The minimum atomic E-state index is 0.142. The summed E-state index contributed by atoms with van der Waals surface area (Å²) in [6.45, 7) is 3.15. The van der Waals surface area contributed by atoms with Crippen molar-refractivity contribution < 1.29 is 9.53 Å². The van der Waals surface area contributed by atoms with E-state index in [1.807, 2.05) is 34.0 Å². The van der Waals surface area contributed by atoms with Crippen molar-refractivity contribution in [3.63, 3.8) is 0 Å². The lowest BCUT2D eigenvalue weighted by atomic mass is 10.0. The van der Waals surface area contributed by atoms with Gasteiger partial charge in [0.15, 0.2) is 0 Å². The summed E-state index contributed by atoms with van der Waals surface area (Å²) in [6, 6.07) is 6.30. The Kier molecular flexibility index (Phi) is 4.49. The van der Waals surface area contributed by atoms with Crippen molar-refractivity contribution >= 4 is 22.9 Å². The normalized spacial score (nSPS) is 24.3. The third-order valence-corrected chi connectivity index (χ3v) is 5.59. The van der Waals surface area contributed by atoms with Crippen molar-refractivity contribution in [1.82, 2.24) is 9.88 Å². The number of hydrogen-bond acceptors (Lipinski definition) is 5. The molecule has 24 heavy (non-hydrogen) atoms. The highest BCUT2D eigenvalue weighted by atomic mass is 32.1. The molecule has 2 aliphatic rings. The van der Waals surface area contributed by atoms with Crippen LogP contribution in [0.3, 0.4) is 0 Å². The molecule has 2 saturated heterocycles. The lowest BCUT2D eigenvalue weighted by Gasteiger charge is -2.41. The van der Waals surface area contributed by atoms with Gasteiger partial charge in [0.1, 0.15) is 0 Å². The molecule has 126 valence electrons. The maximum atomic E-state index is 12.6. The summed E-state index contributed by atoms with van der Waals surface area (Å²) in [5.74, 6) is 0.142. The molecule has 2 aliphatic heterocycles. The molecule has 2 aromatic heterocycles. The Labute approximate surface area is 145 Å². The zero-order valence-corrected chi connectivity index (χ0v) is 14.3. The Morgan fingerprint density at radius 2 is 2.17 bits per heavy atom. The van der Waals surface area contributed by atoms with Crippen LogP contribution in [-0.2, 0) is 4.74 Å². The molecule has 2 fully saturated rings. The number of anilines is 1. The van der Waals surface area contributed by atoms with Crippen molar-refractivity contribution in [2.45, 2.75) is 25.0 Å². The molecule has 0 spiro atoms. The van der Waals surface area contributed by atoms with Crippen LogP contribution in [0.15, 0.2) is 41.4 Å². The number of likely N-dealkylation sites (tertiary alicyclic amines) is 1. The van der Waals surface area contributed by atoms with Crippen LogP contribution in [0.4, 0.5) is 5.69 Å². The van der Waals surface area contributed by atoms with E-state index < -0.39 is 0 Å². The molecule has 0 bridgehead atoms.